The number of imidazole rings is 1. The summed E-state index contributed by atoms with van der Waals surface area (Å²) in [5, 5.41) is 7.89. The van der Waals surface area contributed by atoms with Crippen LogP contribution in [0.3, 0.4) is 0 Å². The van der Waals surface area contributed by atoms with Crippen LogP contribution in [0.25, 0.3) is 11.0 Å². The van der Waals surface area contributed by atoms with Gasteiger partial charge in [0.15, 0.2) is 0 Å². The van der Waals surface area contributed by atoms with Crippen LogP contribution in [0.5, 0.6) is 0 Å². The van der Waals surface area contributed by atoms with Gasteiger partial charge in [-0.25, -0.2) is 10.4 Å². The molecule has 0 radical (unpaired) electrons. The van der Waals surface area contributed by atoms with E-state index < -0.39 is 0 Å². The highest BCUT2D eigenvalue weighted by molar-refractivity contribution is 7.08. The van der Waals surface area contributed by atoms with Gasteiger partial charge in [0.2, 0.25) is 0 Å². The van der Waals surface area contributed by atoms with Crippen molar-refractivity contribution in [2.24, 2.45) is 5.10 Å². The maximum absolute atomic E-state index is 12.1. The third kappa shape index (κ3) is 2.78. The molecule has 0 unspecified atom stereocenters. The minimum absolute atomic E-state index is 0.239. The predicted octanol–water partition coefficient (Wildman–Crippen LogP) is 3.19. The number of carbonyl (C=O) groups is 1. The van der Waals surface area contributed by atoms with Crippen LogP contribution in [-0.4, -0.2) is 21.7 Å². The largest absolute Gasteiger partial charge is 0.329 e. The summed E-state index contributed by atoms with van der Waals surface area (Å²) in [7, 11) is 0. The molecule has 22 heavy (non-hydrogen) atoms. The monoisotopic (exact) mass is 312 g/mol. The number of fused-ring (bicyclic) bond motifs is 1. The Morgan fingerprint density at radius 2 is 2.32 bits per heavy atom. The molecule has 0 saturated carbocycles. The number of hydrogen-bond donors (Lipinski definition) is 1. The van der Waals surface area contributed by atoms with Crippen LogP contribution in [0.15, 0.2) is 40.1 Å². The summed E-state index contributed by atoms with van der Waals surface area (Å²) in [4.78, 5) is 16.6. The first kappa shape index (κ1) is 14.5. The van der Waals surface area contributed by atoms with Gasteiger partial charge in [0.25, 0.3) is 5.91 Å². The average molecular weight is 312 g/mol. The number of rotatable bonds is 4. The third-order valence-corrected chi connectivity index (χ3v) is 4.14. The van der Waals surface area contributed by atoms with Gasteiger partial charge in [0, 0.05) is 17.7 Å². The first-order valence-corrected chi connectivity index (χ1v) is 7.96. The van der Waals surface area contributed by atoms with Gasteiger partial charge in [-0.05, 0) is 48.9 Å². The van der Waals surface area contributed by atoms with E-state index in [1.165, 1.54) is 0 Å². The number of thiophene rings is 1. The Morgan fingerprint density at radius 3 is 3.05 bits per heavy atom. The summed E-state index contributed by atoms with van der Waals surface area (Å²) >= 11 is 1.59. The predicted molar refractivity (Wildman–Crippen MR) is 89.5 cm³/mol. The normalized spacial score (nSPS) is 11.4. The fourth-order valence-corrected chi connectivity index (χ4v) is 2.98. The Kier molecular flexibility index (Phi) is 4.02. The second-order valence-electron chi connectivity index (χ2n) is 4.86. The molecule has 0 aliphatic heterocycles. The summed E-state index contributed by atoms with van der Waals surface area (Å²) in [5.41, 5.74) is 5.93. The van der Waals surface area contributed by atoms with Crippen LogP contribution in [0.1, 0.15) is 28.7 Å². The van der Waals surface area contributed by atoms with Gasteiger partial charge in [0.05, 0.1) is 17.2 Å². The molecular formula is C16H16N4OS. The molecular weight excluding hydrogens is 296 g/mol. The van der Waals surface area contributed by atoms with Crippen molar-refractivity contribution in [1.82, 2.24) is 15.0 Å². The maximum atomic E-state index is 12.1. The van der Waals surface area contributed by atoms with Crippen LogP contribution in [0.4, 0.5) is 0 Å². The van der Waals surface area contributed by atoms with Gasteiger partial charge in [-0.1, -0.05) is 0 Å². The molecule has 0 atom stereocenters. The minimum Gasteiger partial charge on any atom is -0.329 e. The maximum Gasteiger partial charge on any atom is 0.271 e. The van der Waals surface area contributed by atoms with Gasteiger partial charge in [-0.3, -0.25) is 4.79 Å². The zero-order valence-electron chi connectivity index (χ0n) is 12.4. The Labute approximate surface area is 132 Å². The molecule has 112 valence electrons. The summed E-state index contributed by atoms with van der Waals surface area (Å²) in [6.07, 6.45) is 1.63. The van der Waals surface area contributed by atoms with Gasteiger partial charge in [-0.15, -0.1) is 0 Å². The van der Waals surface area contributed by atoms with Crippen molar-refractivity contribution in [3.63, 3.8) is 0 Å². The standard InChI is InChI=1S/C16H16N4OS/c1-3-20-11(2)18-14-8-13(4-5-15(14)20)16(21)19-17-9-12-6-7-22-10-12/h4-10H,3H2,1-2H3,(H,19,21)/b17-9-. The Morgan fingerprint density at radius 1 is 1.45 bits per heavy atom. The molecule has 3 aromatic rings. The van der Waals surface area contributed by atoms with E-state index in [9.17, 15) is 4.79 Å². The zero-order valence-corrected chi connectivity index (χ0v) is 13.2. The molecule has 1 N–H and O–H groups in total. The quantitative estimate of drug-likeness (QED) is 0.594. The second kappa shape index (κ2) is 6.11. The number of nitrogens with zero attached hydrogens (tertiary/aromatic N) is 3. The second-order valence-corrected chi connectivity index (χ2v) is 5.64. The summed E-state index contributed by atoms with van der Waals surface area (Å²) in [5.74, 6) is 0.711. The number of carbonyl (C=O) groups excluding carboxylic acids is 1. The van der Waals surface area contributed by atoms with Gasteiger partial charge in [-0.2, -0.15) is 16.4 Å². The van der Waals surface area contributed by atoms with Crippen molar-refractivity contribution in [2.75, 3.05) is 0 Å². The number of nitrogens with one attached hydrogen (secondary N) is 1. The topological polar surface area (TPSA) is 59.3 Å². The van der Waals surface area contributed by atoms with Crippen molar-refractivity contribution >= 4 is 34.5 Å². The molecule has 2 heterocycles. The molecule has 0 aliphatic rings. The van der Waals surface area contributed by atoms with Crippen molar-refractivity contribution in [2.45, 2.75) is 20.4 Å². The molecule has 0 spiro atoms. The first-order valence-electron chi connectivity index (χ1n) is 7.01. The van der Waals surface area contributed by atoms with Gasteiger partial charge in [0.1, 0.15) is 5.82 Å². The summed E-state index contributed by atoms with van der Waals surface area (Å²) in [6, 6.07) is 7.46. The molecule has 0 saturated heterocycles. The van der Waals surface area contributed by atoms with E-state index in [0.717, 1.165) is 29.0 Å². The summed E-state index contributed by atoms with van der Waals surface area (Å²) in [6.45, 7) is 4.90. The first-order chi connectivity index (χ1) is 10.7. The van der Waals surface area contributed by atoms with E-state index in [2.05, 4.69) is 27.0 Å². The molecule has 5 nitrogen and oxygen atoms in total. The Hall–Kier alpha value is -2.47. The van der Waals surface area contributed by atoms with E-state index in [0.29, 0.717) is 5.56 Å². The van der Waals surface area contributed by atoms with Crippen molar-refractivity contribution in [1.29, 1.82) is 0 Å². The van der Waals surface area contributed by atoms with Gasteiger partial charge < -0.3 is 4.57 Å². The number of aromatic nitrogens is 2. The molecule has 3 rings (SSSR count). The van der Waals surface area contributed by atoms with Crippen molar-refractivity contribution in [3.8, 4) is 0 Å². The number of hydrazone groups is 1. The molecule has 0 fully saturated rings. The van der Waals surface area contributed by atoms with Gasteiger partial charge >= 0.3 is 0 Å². The molecule has 0 bridgehead atoms. The van der Waals surface area contributed by atoms with Crippen LogP contribution in [0.2, 0.25) is 0 Å². The number of benzene rings is 1. The highest BCUT2D eigenvalue weighted by Crippen LogP contribution is 2.17. The molecule has 2 aromatic heterocycles. The summed E-state index contributed by atoms with van der Waals surface area (Å²) < 4.78 is 2.12. The molecule has 6 heteroatoms. The molecule has 0 aliphatic carbocycles. The lowest BCUT2D eigenvalue weighted by Gasteiger charge is -2.03. The van der Waals surface area contributed by atoms with Crippen LogP contribution in [-0.2, 0) is 6.54 Å². The highest BCUT2D eigenvalue weighted by Gasteiger charge is 2.10. The Balaban J connectivity index is 1.79. The average Bonchev–Trinajstić information content (AvgIpc) is 3.12. The lowest BCUT2D eigenvalue weighted by molar-refractivity contribution is 0.0955. The smallest absolute Gasteiger partial charge is 0.271 e. The van der Waals surface area contributed by atoms with Crippen LogP contribution >= 0.6 is 11.3 Å². The third-order valence-electron chi connectivity index (χ3n) is 3.44. The lowest BCUT2D eigenvalue weighted by atomic mass is 10.2. The molecule has 1 aromatic carbocycles. The van der Waals surface area contributed by atoms with E-state index >= 15 is 0 Å². The fourth-order valence-electron chi connectivity index (χ4n) is 2.37. The van der Waals surface area contributed by atoms with E-state index in [1.807, 2.05) is 29.8 Å². The highest BCUT2D eigenvalue weighted by atomic mass is 32.1. The zero-order chi connectivity index (χ0) is 15.5. The minimum atomic E-state index is -0.239. The fraction of sp³-hybridized carbons (Fsp3) is 0.188. The van der Waals surface area contributed by atoms with Crippen molar-refractivity contribution in [3.05, 3.63) is 52.0 Å². The van der Waals surface area contributed by atoms with Crippen LogP contribution < -0.4 is 5.43 Å². The van der Waals surface area contributed by atoms with E-state index in [-0.39, 0.29) is 5.91 Å². The number of aryl methyl sites for hydroxylation is 2. The SMILES string of the molecule is CCn1c(C)nc2cc(C(=O)N/N=C\c3ccsc3)ccc21. The molecule has 1 amide bonds. The van der Waals surface area contributed by atoms with Crippen LogP contribution in [0, 0.1) is 6.92 Å². The van der Waals surface area contributed by atoms with E-state index in [4.69, 9.17) is 0 Å². The van der Waals surface area contributed by atoms with Crippen molar-refractivity contribution < 1.29 is 4.79 Å². The number of amides is 1. The number of hydrogen-bond acceptors (Lipinski definition) is 4. The lowest BCUT2D eigenvalue weighted by Crippen LogP contribution is -2.17. The van der Waals surface area contributed by atoms with E-state index in [1.54, 1.807) is 29.7 Å². The Bertz CT molecular complexity index is 833.